The number of amides is 1. The molecule has 6 nitrogen and oxygen atoms in total. The molecule has 0 N–H and O–H groups in total. The lowest BCUT2D eigenvalue weighted by Crippen LogP contribution is -2.35. The monoisotopic (exact) mass is 338 g/mol. The lowest BCUT2D eigenvalue weighted by Gasteiger charge is -2.24. The summed E-state index contributed by atoms with van der Waals surface area (Å²) < 4.78 is 5.55. The summed E-state index contributed by atoms with van der Waals surface area (Å²) in [6.45, 7) is 3.30. The van der Waals surface area contributed by atoms with Gasteiger partial charge in [-0.05, 0) is 50.7 Å². The van der Waals surface area contributed by atoms with Crippen LogP contribution in [0.4, 0.5) is 0 Å². The maximum Gasteiger partial charge on any atom is 0.255 e. The van der Waals surface area contributed by atoms with Crippen molar-refractivity contribution in [2.24, 2.45) is 5.92 Å². The van der Waals surface area contributed by atoms with E-state index in [2.05, 4.69) is 15.1 Å². The summed E-state index contributed by atoms with van der Waals surface area (Å²) in [5, 5.41) is 3.99. The molecule has 3 aliphatic rings. The van der Waals surface area contributed by atoms with Crippen LogP contribution in [0.3, 0.4) is 0 Å². The third-order valence-electron chi connectivity index (χ3n) is 6.14. The van der Waals surface area contributed by atoms with Gasteiger partial charge in [-0.1, -0.05) is 11.6 Å². The van der Waals surface area contributed by atoms with Crippen LogP contribution in [0, 0.1) is 12.8 Å². The summed E-state index contributed by atoms with van der Waals surface area (Å²) >= 11 is 0. The van der Waals surface area contributed by atoms with Crippen molar-refractivity contribution in [2.75, 3.05) is 13.1 Å². The van der Waals surface area contributed by atoms with Crippen molar-refractivity contribution in [3.63, 3.8) is 0 Å². The number of likely N-dealkylation sites (tertiary alicyclic amines) is 1. The highest BCUT2D eigenvalue weighted by Gasteiger charge is 2.55. The number of carbonyl (C=O) groups excluding carboxylic acids is 1. The van der Waals surface area contributed by atoms with Crippen LogP contribution in [0.1, 0.15) is 65.8 Å². The summed E-state index contributed by atoms with van der Waals surface area (Å²) in [6.07, 6.45) is 7.38. The fourth-order valence-electron chi connectivity index (χ4n) is 4.74. The zero-order chi connectivity index (χ0) is 17.0. The van der Waals surface area contributed by atoms with E-state index in [0.717, 1.165) is 55.8 Å². The van der Waals surface area contributed by atoms with E-state index in [1.807, 2.05) is 24.0 Å². The van der Waals surface area contributed by atoms with E-state index >= 15 is 0 Å². The number of fused-ring (bicyclic) bond motifs is 1. The van der Waals surface area contributed by atoms with Crippen LogP contribution < -0.4 is 0 Å². The van der Waals surface area contributed by atoms with Gasteiger partial charge in [-0.15, -0.1) is 0 Å². The molecular formula is C19H22N4O2. The van der Waals surface area contributed by atoms with Gasteiger partial charge in [0, 0.05) is 25.2 Å². The minimum Gasteiger partial charge on any atom is -0.339 e. The maximum atomic E-state index is 13.2. The number of pyridine rings is 1. The van der Waals surface area contributed by atoms with Gasteiger partial charge in [-0.3, -0.25) is 9.78 Å². The van der Waals surface area contributed by atoms with Crippen molar-refractivity contribution in [2.45, 2.75) is 50.4 Å². The first kappa shape index (κ1) is 15.0. The van der Waals surface area contributed by atoms with Gasteiger partial charge in [-0.2, -0.15) is 4.98 Å². The van der Waals surface area contributed by atoms with Crippen LogP contribution in [0.25, 0.3) is 0 Å². The van der Waals surface area contributed by atoms with Crippen LogP contribution in [0.2, 0.25) is 0 Å². The summed E-state index contributed by atoms with van der Waals surface area (Å²) in [6, 6.07) is 3.80. The molecule has 0 aromatic carbocycles. The molecule has 3 fully saturated rings. The topological polar surface area (TPSA) is 72.1 Å². The molecule has 2 aromatic heterocycles. The largest absolute Gasteiger partial charge is 0.339 e. The highest BCUT2D eigenvalue weighted by atomic mass is 16.5. The Bertz CT molecular complexity index is 828. The highest BCUT2D eigenvalue weighted by Crippen LogP contribution is 2.50. The second kappa shape index (κ2) is 5.38. The van der Waals surface area contributed by atoms with Gasteiger partial charge in [0.1, 0.15) is 0 Å². The van der Waals surface area contributed by atoms with E-state index in [1.165, 1.54) is 0 Å². The lowest BCUT2D eigenvalue weighted by atomic mass is 9.80. The van der Waals surface area contributed by atoms with E-state index < -0.39 is 0 Å². The quantitative estimate of drug-likeness (QED) is 0.860. The van der Waals surface area contributed by atoms with Crippen molar-refractivity contribution in [3.8, 4) is 0 Å². The Labute approximate surface area is 146 Å². The number of aryl methyl sites for hydroxylation is 1. The number of carbonyl (C=O) groups is 1. The first-order valence-corrected chi connectivity index (χ1v) is 9.22. The van der Waals surface area contributed by atoms with Gasteiger partial charge in [0.15, 0.2) is 5.82 Å². The molecule has 0 radical (unpaired) electrons. The molecule has 130 valence electrons. The summed E-state index contributed by atoms with van der Waals surface area (Å²) in [7, 11) is 0. The Morgan fingerprint density at radius 2 is 2.24 bits per heavy atom. The average molecular weight is 338 g/mol. The van der Waals surface area contributed by atoms with Crippen LogP contribution in [-0.2, 0) is 5.41 Å². The maximum absolute atomic E-state index is 13.2. The van der Waals surface area contributed by atoms with Gasteiger partial charge in [0.2, 0.25) is 5.89 Å². The molecule has 3 heterocycles. The average Bonchev–Trinajstić information content (AvgIpc) is 3.07. The van der Waals surface area contributed by atoms with Gasteiger partial charge in [-0.25, -0.2) is 0 Å². The molecule has 25 heavy (non-hydrogen) atoms. The zero-order valence-corrected chi connectivity index (χ0v) is 14.4. The van der Waals surface area contributed by atoms with E-state index in [-0.39, 0.29) is 11.3 Å². The molecule has 6 heteroatoms. The molecule has 0 bridgehead atoms. The number of hydrogen-bond donors (Lipinski definition) is 0. The number of aromatic nitrogens is 3. The Balaban J connectivity index is 1.46. The first-order chi connectivity index (χ1) is 12.2. The highest BCUT2D eigenvalue weighted by molar-refractivity contribution is 5.96. The van der Waals surface area contributed by atoms with Gasteiger partial charge < -0.3 is 9.42 Å². The minimum absolute atomic E-state index is 0.111. The Morgan fingerprint density at radius 3 is 3.00 bits per heavy atom. The van der Waals surface area contributed by atoms with E-state index in [4.69, 9.17) is 4.52 Å². The van der Waals surface area contributed by atoms with Crippen LogP contribution in [0.15, 0.2) is 22.9 Å². The van der Waals surface area contributed by atoms with Gasteiger partial charge >= 0.3 is 0 Å². The fraction of sp³-hybridized carbons (Fsp3) is 0.579. The van der Waals surface area contributed by atoms with Crippen LogP contribution >= 0.6 is 0 Å². The second-order valence-corrected chi connectivity index (χ2v) is 7.79. The second-order valence-electron chi connectivity index (χ2n) is 7.79. The van der Waals surface area contributed by atoms with E-state index in [9.17, 15) is 4.79 Å². The third-order valence-corrected chi connectivity index (χ3v) is 6.14. The smallest absolute Gasteiger partial charge is 0.255 e. The molecule has 1 amide bonds. The number of hydrogen-bond acceptors (Lipinski definition) is 5. The molecule has 5 rings (SSSR count). The summed E-state index contributed by atoms with van der Waals surface area (Å²) in [5.74, 6) is 2.38. The molecule has 1 aliphatic heterocycles. The predicted molar refractivity (Wildman–Crippen MR) is 90.2 cm³/mol. The molecule has 2 saturated carbocycles. The Kier molecular flexibility index (Phi) is 3.24. The Hall–Kier alpha value is -2.24. The van der Waals surface area contributed by atoms with Crippen LogP contribution in [-0.4, -0.2) is 39.0 Å². The predicted octanol–water partition coefficient (Wildman–Crippen LogP) is 2.84. The molecule has 1 saturated heterocycles. The van der Waals surface area contributed by atoms with Gasteiger partial charge in [0.25, 0.3) is 5.91 Å². The SMILES string of the molecule is Cc1noc([C@]23CCC[C@H]2CN(C(=O)c2cccnc2C2CC2)C3)n1. The normalized spacial score (nSPS) is 28.4. The minimum atomic E-state index is -0.154. The Morgan fingerprint density at radius 1 is 1.36 bits per heavy atom. The molecule has 2 aliphatic carbocycles. The first-order valence-electron chi connectivity index (χ1n) is 9.22. The van der Waals surface area contributed by atoms with Crippen molar-refractivity contribution >= 4 is 5.91 Å². The van der Waals surface area contributed by atoms with Crippen molar-refractivity contribution in [3.05, 3.63) is 41.3 Å². The lowest BCUT2D eigenvalue weighted by molar-refractivity contribution is 0.0773. The number of nitrogens with zero attached hydrogens (tertiary/aromatic N) is 4. The standard InChI is InChI=1S/C19H22N4O2/c1-12-21-18(25-22-12)19-8-2-4-14(19)10-23(11-19)17(24)15-5-3-9-20-16(15)13-6-7-13/h3,5,9,13-14H,2,4,6-8,10-11H2,1H3/t14-,19-/m0/s1. The molecule has 2 aromatic rings. The van der Waals surface area contributed by atoms with Crippen molar-refractivity contribution in [1.82, 2.24) is 20.0 Å². The third kappa shape index (κ3) is 2.30. The fourth-order valence-corrected chi connectivity index (χ4v) is 4.74. The van der Waals surface area contributed by atoms with Crippen LogP contribution in [0.5, 0.6) is 0 Å². The number of rotatable bonds is 3. The molecule has 2 atom stereocenters. The van der Waals surface area contributed by atoms with E-state index in [0.29, 0.717) is 24.2 Å². The summed E-state index contributed by atoms with van der Waals surface area (Å²) in [5.41, 5.74) is 1.60. The zero-order valence-electron chi connectivity index (χ0n) is 14.4. The van der Waals surface area contributed by atoms with Crippen molar-refractivity contribution in [1.29, 1.82) is 0 Å². The molecular weight excluding hydrogens is 316 g/mol. The van der Waals surface area contributed by atoms with Crippen molar-refractivity contribution < 1.29 is 9.32 Å². The summed E-state index contributed by atoms with van der Waals surface area (Å²) in [4.78, 5) is 24.2. The molecule has 0 spiro atoms. The van der Waals surface area contributed by atoms with Gasteiger partial charge in [0.05, 0.1) is 16.7 Å². The van der Waals surface area contributed by atoms with E-state index in [1.54, 1.807) is 6.20 Å². The molecule has 0 unspecified atom stereocenters.